The minimum absolute atomic E-state index is 0.109. The van der Waals surface area contributed by atoms with Crippen molar-refractivity contribution < 1.29 is 50.2 Å². The lowest BCUT2D eigenvalue weighted by Gasteiger charge is -2.39. The number of halogens is 6. The number of carbonyl (C=O) groups excluding carboxylic acids is 3. The summed E-state index contributed by atoms with van der Waals surface area (Å²) in [6.07, 6.45) is -13.2. The van der Waals surface area contributed by atoms with Gasteiger partial charge in [-0.15, -0.1) is 0 Å². The molecule has 1 aliphatic carbocycles. The number of nitrogens with zero attached hydrogens (tertiary/aromatic N) is 1. The number of amides is 2. The fourth-order valence-corrected chi connectivity index (χ4v) is 5.00. The summed E-state index contributed by atoms with van der Waals surface area (Å²) < 4.78 is 89.8. The van der Waals surface area contributed by atoms with E-state index in [0.29, 0.717) is 0 Å². The van der Waals surface area contributed by atoms with Crippen molar-refractivity contribution >= 4 is 18.0 Å². The van der Waals surface area contributed by atoms with Crippen molar-refractivity contribution in [2.75, 3.05) is 6.61 Å². The standard InChI is InChI=1S/C24H35F6NO5/c1-13(2)17-12-35-21(34)31(17)19(32)16(10-11-23(25,26)27)18(20(33)36-22(3,4)5)14-6-8-15(9-7-14)24(28,29)30/h13-18H,6-12H2,1-5H3. The van der Waals surface area contributed by atoms with Gasteiger partial charge in [0.25, 0.3) is 0 Å². The number of rotatable bonds is 7. The Morgan fingerprint density at radius 2 is 1.58 bits per heavy atom. The molecule has 1 heterocycles. The minimum atomic E-state index is -4.66. The maximum atomic E-state index is 13.6. The van der Waals surface area contributed by atoms with Gasteiger partial charge in [0.1, 0.15) is 12.2 Å². The Bertz CT molecular complexity index is 796. The summed E-state index contributed by atoms with van der Waals surface area (Å²) in [6, 6.07) is -0.737. The molecule has 2 amide bonds. The number of esters is 1. The zero-order chi connectivity index (χ0) is 27.6. The van der Waals surface area contributed by atoms with E-state index in [0.717, 1.165) is 4.90 Å². The summed E-state index contributed by atoms with van der Waals surface area (Å²) in [7, 11) is 0. The van der Waals surface area contributed by atoms with Gasteiger partial charge in [-0.05, 0) is 64.7 Å². The first-order chi connectivity index (χ1) is 16.3. The summed E-state index contributed by atoms with van der Waals surface area (Å²) >= 11 is 0. The molecule has 2 rings (SSSR count). The maximum absolute atomic E-state index is 13.6. The van der Waals surface area contributed by atoms with Gasteiger partial charge in [-0.25, -0.2) is 9.69 Å². The van der Waals surface area contributed by atoms with Crippen LogP contribution in [-0.2, 0) is 19.1 Å². The van der Waals surface area contributed by atoms with Crippen molar-refractivity contribution in [3.8, 4) is 0 Å². The number of alkyl halides is 6. The van der Waals surface area contributed by atoms with E-state index in [4.69, 9.17) is 9.47 Å². The molecular formula is C24H35F6NO5. The highest BCUT2D eigenvalue weighted by atomic mass is 19.4. The van der Waals surface area contributed by atoms with Crippen LogP contribution in [0.3, 0.4) is 0 Å². The fraction of sp³-hybridized carbons (Fsp3) is 0.875. The average Bonchev–Trinajstić information content (AvgIpc) is 3.09. The molecular weight excluding hydrogens is 496 g/mol. The van der Waals surface area contributed by atoms with E-state index in [1.807, 2.05) is 0 Å². The van der Waals surface area contributed by atoms with Crippen LogP contribution in [0.1, 0.15) is 73.1 Å². The smallest absolute Gasteiger partial charge is 0.416 e. The molecule has 0 N–H and O–H groups in total. The highest BCUT2D eigenvalue weighted by Gasteiger charge is 2.51. The van der Waals surface area contributed by atoms with E-state index in [2.05, 4.69) is 0 Å². The van der Waals surface area contributed by atoms with Crippen molar-refractivity contribution in [2.24, 2.45) is 29.6 Å². The summed E-state index contributed by atoms with van der Waals surface area (Å²) in [5, 5.41) is 0. The molecule has 1 saturated heterocycles. The Balaban J connectivity index is 2.47. The molecule has 2 fully saturated rings. The van der Waals surface area contributed by atoms with Crippen LogP contribution in [0.4, 0.5) is 31.1 Å². The van der Waals surface area contributed by atoms with Crippen LogP contribution in [0, 0.1) is 29.6 Å². The Labute approximate surface area is 207 Å². The van der Waals surface area contributed by atoms with Gasteiger partial charge in [0.15, 0.2) is 0 Å². The van der Waals surface area contributed by atoms with Crippen molar-refractivity contribution in [3.05, 3.63) is 0 Å². The topological polar surface area (TPSA) is 72.9 Å². The van der Waals surface area contributed by atoms with Gasteiger partial charge in [-0.1, -0.05) is 13.8 Å². The Morgan fingerprint density at radius 3 is 2.03 bits per heavy atom. The molecule has 6 nitrogen and oxygen atoms in total. The number of hydrogen-bond donors (Lipinski definition) is 0. The first-order valence-corrected chi connectivity index (χ1v) is 12.2. The Kier molecular flexibility index (Phi) is 9.37. The van der Waals surface area contributed by atoms with Gasteiger partial charge in [-0.2, -0.15) is 26.3 Å². The SMILES string of the molecule is CC(C)C1COC(=O)N1C(=O)C(CCC(F)(F)F)C(C(=O)OC(C)(C)C)C1CCC(C(F)(F)F)CC1. The van der Waals surface area contributed by atoms with Gasteiger partial charge in [0.05, 0.1) is 23.8 Å². The number of ether oxygens (including phenoxy) is 2. The summed E-state index contributed by atoms with van der Waals surface area (Å²) in [6.45, 7) is 7.91. The lowest BCUT2D eigenvalue weighted by atomic mass is 9.69. The van der Waals surface area contributed by atoms with Crippen LogP contribution < -0.4 is 0 Å². The summed E-state index contributed by atoms with van der Waals surface area (Å²) in [5.74, 6) is -7.66. The van der Waals surface area contributed by atoms with Crippen LogP contribution in [-0.4, -0.2) is 53.5 Å². The Hall–Kier alpha value is -2.01. The molecule has 0 spiro atoms. The third-order valence-corrected chi connectivity index (χ3v) is 6.82. The van der Waals surface area contributed by atoms with Gasteiger partial charge in [0, 0.05) is 6.42 Å². The van der Waals surface area contributed by atoms with Crippen LogP contribution in [0.2, 0.25) is 0 Å². The van der Waals surface area contributed by atoms with E-state index in [1.165, 1.54) is 0 Å². The monoisotopic (exact) mass is 531 g/mol. The van der Waals surface area contributed by atoms with Crippen molar-refractivity contribution in [2.45, 2.75) is 97.1 Å². The molecule has 0 radical (unpaired) electrons. The van der Waals surface area contributed by atoms with Gasteiger partial charge < -0.3 is 9.47 Å². The van der Waals surface area contributed by atoms with Crippen LogP contribution in [0.5, 0.6) is 0 Å². The zero-order valence-electron chi connectivity index (χ0n) is 21.2. The van der Waals surface area contributed by atoms with Crippen LogP contribution >= 0.6 is 0 Å². The second-order valence-corrected chi connectivity index (χ2v) is 11.1. The molecule has 36 heavy (non-hydrogen) atoms. The first kappa shape index (κ1) is 30.2. The number of imide groups is 1. The van der Waals surface area contributed by atoms with Crippen molar-refractivity contribution in [3.63, 3.8) is 0 Å². The lowest BCUT2D eigenvalue weighted by Crippen LogP contribution is -2.50. The predicted molar refractivity (Wildman–Crippen MR) is 116 cm³/mol. The van der Waals surface area contributed by atoms with Gasteiger partial charge >= 0.3 is 24.4 Å². The van der Waals surface area contributed by atoms with Crippen LogP contribution in [0.25, 0.3) is 0 Å². The van der Waals surface area contributed by atoms with E-state index in [9.17, 15) is 40.7 Å². The van der Waals surface area contributed by atoms with Crippen LogP contribution in [0.15, 0.2) is 0 Å². The quantitative estimate of drug-likeness (QED) is 0.286. The number of cyclic esters (lactones) is 1. The number of hydrogen-bond acceptors (Lipinski definition) is 5. The first-order valence-electron chi connectivity index (χ1n) is 12.2. The molecule has 3 atom stereocenters. The average molecular weight is 532 g/mol. The molecule has 2 aliphatic rings. The number of carbonyl (C=O) groups is 3. The third kappa shape index (κ3) is 7.99. The summed E-state index contributed by atoms with van der Waals surface area (Å²) in [5.41, 5.74) is -1.05. The zero-order valence-corrected chi connectivity index (χ0v) is 21.2. The molecule has 12 heteroatoms. The molecule has 0 bridgehead atoms. The molecule has 1 saturated carbocycles. The maximum Gasteiger partial charge on any atom is 0.416 e. The van der Waals surface area contributed by atoms with E-state index in [1.54, 1.807) is 34.6 Å². The fourth-order valence-electron chi connectivity index (χ4n) is 5.00. The largest absolute Gasteiger partial charge is 0.460 e. The van der Waals surface area contributed by atoms with Gasteiger partial charge in [0.2, 0.25) is 5.91 Å². The third-order valence-electron chi connectivity index (χ3n) is 6.82. The molecule has 1 aliphatic heterocycles. The lowest BCUT2D eigenvalue weighted by molar-refractivity contribution is -0.188. The Morgan fingerprint density at radius 1 is 1.03 bits per heavy atom. The summed E-state index contributed by atoms with van der Waals surface area (Å²) in [4.78, 5) is 40.1. The second-order valence-electron chi connectivity index (χ2n) is 11.1. The van der Waals surface area contributed by atoms with E-state index >= 15 is 0 Å². The second kappa shape index (κ2) is 11.2. The van der Waals surface area contributed by atoms with E-state index in [-0.39, 0.29) is 38.2 Å². The molecule has 0 aromatic heterocycles. The van der Waals surface area contributed by atoms with Crippen molar-refractivity contribution in [1.29, 1.82) is 0 Å². The molecule has 3 unspecified atom stereocenters. The predicted octanol–water partition coefficient (Wildman–Crippen LogP) is 6.28. The normalized spacial score (nSPS) is 25.5. The minimum Gasteiger partial charge on any atom is -0.460 e. The van der Waals surface area contributed by atoms with E-state index < -0.39 is 78.5 Å². The molecule has 0 aromatic carbocycles. The highest BCUT2D eigenvalue weighted by molar-refractivity contribution is 5.96. The molecule has 0 aromatic rings. The highest BCUT2D eigenvalue weighted by Crippen LogP contribution is 2.45. The van der Waals surface area contributed by atoms with Gasteiger partial charge in [-0.3, -0.25) is 9.59 Å². The van der Waals surface area contributed by atoms with Crippen molar-refractivity contribution in [1.82, 2.24) is 4.90 Å². The molecule has 208 valence electrons.